The number of hydrogen-bond donors (Lipinski definition) is 1. The van der Waals surface area contributed by atoms with E-state index in [-0.39, 0.29) is 11.0 Å². The lowest BCUT2D eigenvalue weighted by Gasteiger charge is -2.56. The zero-order valence-electron chi connectivity index (χ0n) is 15.7. The lowest BCUT2D eigenvalue weighted by atomic mass is 9.49. The maximum Gasteiger partial charge on any atom is 0.147 e. The van der Waals surface area contributed by atoms with Gasteiger partial charge in [0.15, 0.2) is 0 Å². The summed E-state index contributed by atoms with van der Waals surface area (Å²) in [6.07, 6.45) is 10.0. The Balaban J connectivity index is 1.39. The molecule has 0 aliphatic heterocycles. The number of carbonyl (C=O) groups is 1. The van der Waals surface area contributed by atoms with Crippen molar-refractivity contribution < 1.29 is 9.90 Å². The van der Waals surface area contributed by atoms with Crippen LogP contribution in [-0.2, 0) is 4.79 Å². The monoisotopic (exact) mass is 408 g/mol. The predicted molar refractivity (Wildman–Crippen MR) is 102 cm³/mol. The highest BCUT2D eigenvalue weighted by molar-refractivity contribution is 9.09. The zero-order valence-corrected chi connectivity index (χ0v) is 17.3. The number of hydrogen-bond acceptors (Lipinski definition) is 2. The lowest BCUT2D eigenvalue weighted by Crippen LogP contribution is -2.50. The Labute approximate surface area is 160 Å². The fraction of sp³-hybridized carbons (Fsp3) is 0.955. The second kappa shape index (κ2) is 5.56. The molecule has 1 unspecified atom stereocenters. The predicted octanol–water partition coefficient (Wildman–Crippen LogP) is 4.83. The highest BCUT2D eigenvalue weighted by Crippen LogP contribution is 2.70. The Bertz CT molecular complexity index is 591. The van der Waals surface area contributed by atoms with Crippen LogP contribution in [0.4, 0.5) is 0 Å². The molecule has 0 radical (unpaired) electrons. The minimum atomic E-state index is -0.294. The van der Waals surface area contributed by atoms with E-state index in [4.69, 9.17) is 0 Å². The van der Waals surface area contributed by atoms with Crippen molar-refractivity contribution in [3.05, 3.63) is 0 Å². The van der Waals surface area contributed by atoms with E-state index in [1.807, 2.05) is 0 Å². The summed E-state index contributed by atoms with van der Waals surface area (Å²) in [7, 11) is 0. The van der Waals surface area contributed by atoms with E-state index in [1.54, 1.807) is 0 Å². The molecule has 10 atom stereocenters. The maximum absolute atomic E-state index is 12.5. The van der Waals surface area contributed by atoms with Gasteiger partial charge in [-0.1, -0.05) is 29.8 Å². The molecule has 140 valence electrons. The average Bonchev–Trinajstić information content (AvgIpc) is 2.98. The number of Topliss-reactive ketones (excluding diaryl/α,β-unsaturated/α-hetero) is 1. The summed E-state index contributed by atoms with van der Waals surface area (Å²) in [6, 6.07) is 0. The SMILES string of the molecule is C[C@@H]1C2[C@@H]3CC[C@@H]4[C@H](CC[C@]5(C)[C@@H](C(=O)CBr)CC[C@@H]45)[C@H]3CC[C@@]21O. The minimum Gasteiger partial charge on any atom is -0.389 e. The van der Waals surface area contributed by atoms with Gasteiger partial charge in [-0.05, 0) is 98.2 Å². The number of carbonyl (C=O) groups excluding carboxylic acids is 1. The molecule has 0 aromatic rings. The Morgan fingerprint density at radius 2 is 1.68 bits per heavy atom. The van der Waals surface area contributed by atoms with Crippen molar-refractivity contribution in [2.45, 2.75) is 70.8 Å². The van der Waals surface area contributed by atoms with Crippen LogP contribution < -0.4 is 0 Å². The number of halogens is 1. The van der Waals surface area contributed by atoms with Gasteiger partial charge in [-0.2, -0.15) is 0 Å². The molecule has 5 fully saturated rings. The third kappa shape index (κ3) is 2.15. The van der Waals surface area contributed by atoms with Crippen LogP contribution >= 0.6 is 15.9 Å². The first-order chi connectivity index (χ1) is 11.9. The third-order valence-corrected chi connectivity index (χ3v) is 10.6. The number of fused-ring (bicyclic) bond motifs is 7. The Morgan fingerprint density at radius 3 is 2.44 bits per heavy atom. The maximum atomic E-state index is 12.5. The molecule has 0 aromatic heterocycles. The van der Waals surface area contributed by atoms with Gasteiger partial charge in [-0.25, -0.2) is 0 Å². The van der Waals surface area contributed by atoms with E-state index >= 15 is 0 Å². The van der Waals surface area contributed by atoms with Crippen LogP contribution in [0.5, 0.6) is 0 Å². The quantitative estimate of drug-likeness (QED) is 0.664. The molecule has 0 spiro atoms. The first-order valence-corrected chi connectivity index (χ1v) is 11.8. The van der Waals surface area contributed by atoms with Crippen molar-refractivity contribution in [3.8, 4) is 0 Å². The van der Waals surface area contributed by atoms with Gasteiger partial charge in [-0.15, -0.1) is 0 Å². The summed E-state index contributed by atoms with van der Waals surface area (Å²) >= 11 is 3.43. The van der Waals surface area contributed by atoms with Crippen molar-refractivity contribution in [3.63, 3.8) is 0 Å². The highest BCUT2D eigenvalue weighted by Gasteiger charge is 2.69. The average molecular weight is 409 g/mol. The van der Waals surface area contributed by atoms with Crippen molar-refractivity contribution >= 4 is 21.7 Å². The summed E-state index contributed by atoms with van der Waals surface area (Å²) in [5.74, 6) is 6.07. The van der Waals surface area contributed by atoms with Crippen molar-refractivity contribution in [1.29, 1.82) is 0 Å². The molecule has 0 amide bonds. The van der Waals surface area contributed by atoms with Crippen LogP contribution in [0.25, 0.3) is 0 Å². The van der Waals surface area contributed by atoms with Gasteiger partial charge in [0.25, 0.3) is 0 Å². The Kier molecular flexibility index (Phi) is 3.83. The smallest absolute Gasteiger partial charge is 0.147 e. The number of rotatable bonds is 2. The molecule has 0 bridgehead atoms. The minimum absolute atomic E-state index is 0.265. The number of ketones is 1. The molecule has 1 N–H and O–H groups in total. The Morgan fingerprint density at radius 1 is 1.00 bits per heavy atom. The van der Waals surface area contributed by atoms with Gasteiger partial charge in [0.1, 0.15) is 5.78 Å². The topological polar surface area (TPSA) is 37.3 Å². The molecular formula is C22H33BrO2. The molecule has 5 rings (SSSR count). The lowest BCUT2D eigenvalue weighted by molar-refractivity contribution is -0.128. The summed E-state index contributed by atoms with van der Waals surface area (Å²) in [5.41, 5.74) is -0.0287. The van der Waals surface area contributed by atoms with Gasteiger partial charge in [0, 0.05) is 5.92 Å². The molecule has 5 aliphatic carbocycles. The summed E-state index contributed by atoms with van der Waals surface area (Å²) < 4.78 is 0. The van der Waals surface area contributed by atoms with Gasteiger partial charge < -0.3 is 5.11 Å². The van der Waals surface area contributed by atoms with Gasteiger partial charge in [0.2, 0.25) is 0 Å². The fourth-order valence-corrected chi connectivity index (χ4v) is 9.25. The molecule has 0 aromatic carbocycles. The van der Waals surface area contributed by atoms with Crippen molar-refractivity contribution in [2.75, 3.05) is 5.33 Å². The molecule has 0 saturated heterocycles. The zero-order chi connectivity index (χ0) is 17.6. The normalized spacial score (nSPS) is 59.4. The summed E-state index contributed by atoms with van der Waals surface area (Å²) in [5, 5.41) is 11.4. The molecule has 5 saturated carbocycles. The van der Waals surface area contributed by atoms with Gasteiger partial charge in [0.05, 0.1) is 10.9 Å². The largest absolute Gasteiger partial charge is 0.389 e. The molecule has 2 nitrogen and oxygen atoms in total. The van der Waals surface area contributed by atoms with Crippen LogP contribution in [0, 0.1) is 52.8 Å². The first kappa shape index (κ1) is 17.2. The molecule has 3 heteroatoms. The van der Waals surface area contributed by atoms with Crippen LogP contribution in [0.15, 0.2) is 0 Å². The second-order valence-corrected chi connectivity index (χ2v) is 11.0. The van der Waals surface area contributed by atoms with E-state index in [1.165, 1.54) is 38.5 Å². The standard InChI is InChI=1S/C22H33BrO2/c1-12-20-16-4-3-15-13(14(16)8-10-22(12,20)25)7-9-21(2)17(15)5-6-18(21)19(24)11-23/h12-18,20,25H,3-11H2,1-2H3/t12-,13-,14-,15-,16-,17+,18-,20?,21+,22+/m1/s1. The van der Waals surface area contributed by atoms with Crippen molar-refractivity contribution in [2.24, 2.45) is 52.8 Å². The Hall–Kier alpha value is 0.110. The van der Waals surface area contributed by atoms with Crippen LogP contribution in [0.3, 0.4) is 0 Å². The molecule has 0 heterocycles. The third-order valence-electron chi connectivity index (χ3n) is 10.1. The molecule has 5 aliphatic rings. The highest BCUT2D eigenvalue weighted by atomic mass is 79.9. The number of alkyl halides is 1. The fourth-order valence-electron chi connectivity index (χ4n) is 8.86. The van der Waals surface area contributed by atoms with Crippen LogP contribution in [0.1, 0.15) is 65.2 Å². The van der Waals surface area contributed by atoms with E-state index in [2.05, 4.69) is 29.8 Å². The second-order valence-electron chi connectivity index (χ2n) is 10.5. The van der Waals surface area contributed by atoms with Gasteiger partial charge >= 0.3 is 0 Å². The first-order valence-electron chi connectivity index (χ1n) is 10.7. The van der Waals surface area contributed by atoms with E-state index in [0.717, 1.165) is 42.4 Å². The van der Waals surface area contributed by atoms with E-state index in [0.29, 0.717) is 28.9 Å². The van der Waals surface area contributed by atoms with E-state index in [9.17, 15) is 9.90 Å². The van der Waals surface area contributed by atoms with Crippen LogP contribution in [-0.4, -0.2) is 21.8 Å². The van der Waals surface area contributed by atoms with Gasteiger partial charge in [-0.3, -0.25) is 4.79 Å². The molecule has 25 heavy (non-hydrogen) atoms. The van der Waals surface area contributed by atoms with E-state index < -0.39 is 0 Å². The number of aliphatic hydroxyl groups is 1. The molecular weight excluding hydrogens is 376 g/mol. The van der Waals surface area contributed by atoms with Crippen LogP contribution in [0.2, 0.25) is 0 Å². The summed E-state index contributed by atoms with van der Waals surface area (Å²) in [4.78, 5) is 12.5. The summed E-state index contributed by atoms with van der Waals surface area (Å²) in [6.45, 7) is 4.73. The van der Waals surface area contributed by atoms with Crippen molar-refractivity contribution in [1.82, 2.24) is 0 Å².